The first kappa shape index (κ1) is 22.0. The maximum Gasteiger partial charge on any atom is 0.237 e. The van der Waals surface area contributed by atoms with Crippen molar-refractivity contribution in [1.29, 1.82) is 0 Å². The van der Waals surface area contributed by atoms with Gasteiger partial charge in [0.05, 0.1) is 6.04 Å². The van der Waals surface area contributed by atoms with Crippen molar-refractivity contribution in [1.82, 2.24) is 15.5 Å². The van der Waals surface area contributed by atoms with E-state index in [1.807, 2.05) is 24.3 Å². The number of benzene rings is 1. The van der Waals surface area contributed by atoms with Crippen molar-refractivity contribution in [3.8, 4) is 5.75 Å². The first-order valence-electron chi connectivity index (χ1n) is 8.76. The highest BCUT2D eigenvalue weighted by molar-refractivity contribution is 5.85. The van der Waals surface area contributed by atoms with Gasteiger partial charge < -0.3 is 15.4 Å². The molecule has 0 aliphatic carbocycles. The smallest absolute Gasteiger partial charge is 0.237 e. The minimum absolute atomic E-state index is 0. The van der Waals surface area contributed by atoms with E-state index >= 15 is 0 Å². The molecule has 1 atom stereocenters. The summed E-state index contributed by atoms with van der Waals surface area (Å²) in [6.07, 6.45) is 4.66. The summed E-state index contributed by atoms with van der Waals surface area (Å²) in [7, 11) is 0. The molecule has 1 aromatic carbocycles. The van der Waals surface area contributed by atoms with Gasteiger partial charge in [0, 0.05) is 13.1 Å². The number of likely N-dealkylation sites (tertiary alicyclic amines) is 1. The Morgan fingerprint density at radius 1 is 1.16 bits per heavy atom. The fourth-order valence-corrected chi connectivity index (χ4v) is 3.22. The second-order valence-corrected chi connectivity index (χ2v) is 6.41. The van der Waals surface area contributed by atoms with Crippen molar-refractivity contribution in [3.63, 3.8) is 0 Å². The standard InChI is InChI=1S/C18H27N3O2.2ClH/c22-18(17-4-3-9-19-17)20-14-15-5-7-16(8-6-15)23-13-12-21-10-1-2-11-21;;/h5-8,17,19H,1-4,9-14H2,(H,20,22);2*1H. The number of carbonyl (C=O) groups is 1. The first-order chi connectivity index (χ1) is 11.3. The van der Waals surface area contributed by atoms with Gasteiger partial charge in [0.25, 0.3) is 0 Å². The molecule has 0 aromatic heterocycles. The van der Waals surface area contributed by atoms with Crippen molar-refractivity contribution >= 4 is 30.7 Å². The van der Waals surface area contributed by atoms with Crippen LogP contribution in [0.2, 0.25) is 0 Å². The second-order valence-electron chi connectivity index (χ2n) is 6.41. The third-order valence-electron chi connectivity index (χ3n) is 4.64. The summed E-state index contributed by atoms with van der Waals surface area (Å²) < 4.78 is 5.79. The molecule has 142 valence electrons. The van der Waals surface area contributed by atoms with Gasteiger partial charge in [0.15, 0.2) is 0 Å². The Balaban J connectivity index is 0.00000156. The molecule has 1 aromatic rings. The summed E-state index contributed by atoms with van der Waals surface area (Å²) in [6, 6.07) is 8.00. The van der Waals surface area contributed by atoms with Crippen molar-refractivity contribution in [2.75, 3.05) is 32.8 Å². The molecule has 2 aliphatic heterocycles. The quantitative estimate of drug-likeness (QED) is 0.751. The summed E-state index contributed by atoms with van der Waals surface area (Å²) in [5.74, 6) is 1.00. The zero-order chi connectivity index (χ0) is 15.9. The van der Waals surface area contributed by atoms with Crippen LogP contribution in [-0.4, -0.2) is 49.6 Å². The largest absolute Gasteiger partial charge is 0.492 e. The minimum Gasteiger partial charge on any atom is -0.492 e. The van der Waals surface area contributed by atoms with E-state index in [0.717, 1.165) is 43.9 Å². The van der Waals surface area contributed by atoms with E-state index in [4.69, 9.17) is 4.74 Å². The number of hydrogen-bond acceptors (Lipinski definition) is 4. The Morgan fingerprint density at radius 2 is 1.88 bits per heavy atom. The van der Waals surface area contributed by atoms with Gasteiger partial charge in [-0.1, -0.05) is 12.1 Å². The number of amides is 1. The average molecular weight is 390 g/mol. The number of ether oxygens (including phenoxy) is 1. The molecule has 0 bridgehead atoms. The maximum atomic E-state index is 11.9. The van der Waals surface area contributed by atoms with Crippen LogP contribution in [0.3, 0.4) is 0 Å². The molecule has 5 nitrogen and oxygen atoms in total. The van der Waals surface area contributed by atoms with Crippen LogP contribution in [-0.2, 0) is 11.3 Å². The third-order valence-corrected chi connectivity index (χ3v) is 4.64. The van der Waals surface area contributed by atoms with Gasteiger partial charge in [0.2, 0.25) is 5.91 Å². The zero-order valence-corrected chi connectivity index (χ0v) is 16.2. The summed E-state index contributed by atoms with van der Waals surface area (Å²) in [4.78, 5) is 14.4. The van der Waals surface area contributed by atoms with E-state index in [0.29, 0.717) is 6.54 Å². The average Bonchev–Trinajstić information content (AvgIpc) is 3.27. The highest BCUT2D eigenvalue weighted by atomic mass is 35.5. The Hall–Kier alpha value is -1.01. The van der Waals surface area contributed by atoms with Crippen LogP contribution in [0, 0.1) is 0 Å². The topological polar surface area (TPSA) is 53.6 Å². The van der Waals surface area contributed by atoms with Crippen LogP contribution < -0.4 is 15.4 Å². The summed E-state index contributed by atoms with van der Waals surface area (Å²) >= 11 is 0. The van der Waals surface area contributed by atoms with Crippen LogP contribution in [0.4, 0.5) is 0 Å². The van der Waals surface area contributed by atoms with E-state index in [9.17, 15) is 4.79 Å². The number of nitrogens with one attached hydrogen (secondary N) is 2. The number of halogens is 2. The molecule has 2 aliphatic rings. The van der Waals surface area contributed by atoms with Gasteiger partial charge >= 0.3 is 0 Å². The van der Waals surface area contributed by atoms with E-state index in [-0.39, 0.29) is 36.8 Å². The fraction of sp³-hybridized carbons (Fsp3) is 0.611. The lowest BCUT2D eigenvalue weighted by molar-refractivity contribution is -0.122. The Morgan fingerprint density at radius 3 is 2.52 bits per heavy atom. The fourth-order valence-electron chi connectivity index (χ4n) is 3.22. The van der Waals surface area contributed by atoms with E-state index < -0.39 is 0 Å². The van der Waals surface area contributed by atoms with Crippen LogP contribution in [0.15, 0.2) is 24.3 Å². The monoisotopic (exact) mass is 389 g/mol. The molecule has 0 spiro atoms. The van der Waals surface area contributed by atoms with Crippen LogP contribution >= 0.6 is 24.8 Å². The molecule has 2 saturated heterocycles. The molecule has 3 rings (SSSR count). The van der Waals surface area contributed by atoms with Gasteiger partial charge in [-0.3, -0.25) is 9.69 Å². The second kappa shape index (κ2) is 11.6. The maximum absolute atomic E-state index is 11.9. The van der Waals surface area contributed by atoms with Gasteiger partial charge in [-0.2, -0.15) is 0 Å². The van der Waals surface area contributed by atoms with Crippen molar-refractivity contribution in [2.24, 2.45) is 0 Å². The van der Waals surface area contributed by atoms with Gasteiger partial charge in [-0.25, -0.2) is 0 Å². The molecule has 25 heavy (non-hydrogen) atoms. The lowest BCUT2D eigenvalue weighted by Crippen LogP contribution is -2.39. The van der Waals surface area contributed by atoms with Gasteiger partial charge in [-0.15, -0.1) is 24.8 Å². The lowest BCUT2D eigenvalue weighted by atomic mass is 10.2. The minimum atomic E-state index is -0.0109. The lowest BCUT2D eigenvalue weighted by Gasteiger charge is -2.15. The van der Waals surface area contributed by atoms with Crippen LogP contribution in [0.1, 0.15) is 31.2 Å². The van der Waals surface area contributed by atoms with E-state index in [2.05, 4.69) is 15.5 Å². The molecule has 2 N–H and O–H groups in total. The number of rotatable bonds is 7. The molecular weight excluding hydrogens is 361 g/mol. The summed E-state index contributed by atoms with van der Waals surface area (Å²) in [5, 5.41) is 6.20. The SMILES string of the molecule is Cl.Cl.O=C(NCc1ccc(OCCN2CCCC2)cc1)C1CCCN1. The zero-order valence-electron chi connectivity index (χ0n) is 14.5. The molecular formula is C18H29Cl2N3O2. The molecule has 2 heterocycles. The molecule has 1 amide bonds. The Kier molecular flexibility index (Phi) is 10.2. The highest BCUT2D eigenvalue weighted by Gasteiger charge is 2.21. The van der Waals surface area contributed by atoms with Gasteiger partial charge in [0.1, 0.15) is 12.4 Å². The summed E-state index contributed by atoms with van der Waals surface area (Å²) in [6.45, 7) is 5.68. The third kappa shape index (κ3) is 7.02. The molecule has 0 saturated carbocycles. The van der Waals surface area contributed by atoms with Crippen molar-refractivity contribution in [2.45, 2.75) is 38.3 Å². The van der Waals surface area contributed by atoms with Crippen molar-refractivity contribution < 1.29 is 9.53 Å². The van der Waals surface area contributed by atoms with Crippen molar-refractivity contribution in [3.05, 3.63) is 29.8 Å². The first-order valence-corrected chi connectivity index (χ1v) is 8.76. The Labute approximate surface area is 162 Å². The van der Waals surface area contributed by atoms with Crippen LogP contribution in [0.25, 0.3) is 0 Å². The molecule has 0 radical (unpaired) electrons. The molecule has 2 fully saturated rings. The number of hydrogen-bond donors (Lipinski definition) is 2. The van der Waals surface area contributed by atoms with Crippen LogP contribution in [0.5, 0.6) is 5.75 Å². The van der Waals surface area contributed by atoms with Gasteiger partial charge in [-0.05, 0) is 63.0 Å². The normalized spacial score (nSPS) is 19.8. The van der Waals surface area contributed by atoms with E-state index in [1.54, 1.807) is 0 Å². The predicted octanol–water partition coefficient (Wildman–Crippen LogP) is 2.37. The highest BCUT2D eigenvalue weighted by Crippen LogP contribution is 2.13. The molecule has 1 unspecified atom stereocenters. The summed E-state index contributed by atoms with van der Waals surface area (Å²) in [5.41, 5.74) is 1.10. The number of nitrogens with zero attached hydrogens (tertiary/aromatic N) is 1. The molecule has 7 heteroatoms. The predicted molar refractivity (Wildman–Crippen MR) is 105 cm³/mol. The number of carbonyl (C=O) groups excluding carboxylic acids is 1. The van der Waals surface area contributed by atoms with E-state index in [1.165, 1.54) is 25.9 Å². The Bertz CT molecular complexity index is 502.